The highest BCUT2D eigenvalue weighted by Crippen LogP contribution is 2.39. The van der Waals surface area contributed by atoms with Crippen LogP contribution in [0.15, 0.2) is 84.9 Å². The summed E-state index contributed by atoms with van der Waals surface area (Å²) in [5.41, 5.74) is 0.194. The highest BCUT2D eigenvalue weighted by atomic mass is 28.4. The molecule has 0 aliphatic carbocycles. The molecule has 2 fully saturated rings. The number of benzene rings is 3. The standard InChI is InChI=1S/C40H50O13Si/c1-40(2,3)54(26-17-10-8-11-18-26,27-19-12-9-13-20-27)49-23-28-30(41)32-35(38(47-7)50-28)52-37(43)25-16-14-15-24(21-25)36(42)48-22-29-31(44-4)33(45-5)34(46-6)39(51-29)53-32/h8-21,28-35,38-39,41H,22-23H2,1-7H3/t28-,29-,30-,31+,32+,33+,34-,35-,38+,39-/m1/s1. The Hall–Kier alpha value is -3.54. The molecule has 10 atom stereocenters. The zero-order chi connectivity index (χ0) is 38.6. The van der Waals surface area contributed by atoms with Gasteiger partial charge in [0, 0.05) is 28.4 Å². The van der Waals surface area contributed by atoms with Gasteiger partial charge in [-0.05, 0) is 33.6 Å². The van der Waals surface area contributed by atoms with Crippen LogP contribution in [0.25, 0.3) is 0 Å². The maximum Gasteiger partial charge on any atom is 0.338 e. The van der Waals surface area contributed by atoms with E-state index in [-0.39, 0.29) is 29.4 Å². The van der Waals surface area contributed by atoms with Gasteiger partial charge in [-0.2, -0.15) is 0 Å². The first-order chi connectivity index (χ1) is 26.0. The number of hydrogen-bond donors (Lipinski definition) is 1. The molecule has 0 saturated carbocycles. The van der Waals surface area contributed by atoms with Gasteiger partial charge in [0.25, 0.3) is 8.32 Å². The predicted molar refractivity (Wildman–Crippen MR) is 197 cm³/mol. The third-order valence-corrected chi connectivity index (χ3v) is 15.4. The SMILES string of the molecule is CO[C@H]1O[C@H](CO[Si](c2ccccc2)(c2ccccc2)C(C)(C)C)[C@@H](O)[C@@H]2O[C@H]3O[C@H](COC(=O)c4cccc(c4)C(=O)O[C@@H]12)[C@H](OC)[C@H](OC)[C@H]3OC. The van der Waals surface area contributed by atoms with Gasteiger partial charge in [-0.15, -0.1) is 0 Å². The van der Waals surface area contributed by atoms with Crippen molar-refractivity contribution >= 4 is 30.6 Å². The van der Waals surface area contributed by atoms with Gasteiger partial charge in [-0.1, -0.05) is 87.5 Å². The molecule has 4 bridgehead atoms. The van der Waals surface area contributed by atoms with Crippen LogP contribution in [-0.2, 0) is 47.1 Å². The van der Waals surface area contributed by atoms with Gasteiger partial charge in [-0.25, -0.2) is 9.59 Å². The number of fused-ring (bicyclic) bond motifs is 5. The van der Waals surface area contributed by atoms with Crippen molar-refractivity contribution < 1.29 is 61.8 Å². The number of aliphatic hydroxyl groups excluding tert-OH is 1. The summed E-state index contributed by atoms with van der Waals surface area (Å²) in [6.07, 6.45) is -10.8. The smallest absolute Gasteiger partial charge is 0.338 e. The number of rotatable bonds is 9. The van der Waals surface area contributed by atoms with Crippen molar-refractivity contribution in [2.24, 2.45) is 0 Å². The number of ether oxygens (including phenoxy) is 9. The van der Waals surface area contributed by atoms with E-state index in [9.17, 15) is 14.7 Å². The second-order valence-corrected chi connectivity index (χ2v) is 18.8. The molecular weight excluding hydrogens is 717 g/mol. The monoisotopic (exact) mass is 766 g/mol. The summed E-state index contributed by atoms with van der Waals surface area (Å²) in [5, 5.41) is 14.0. The molecule has 14 heteroatoms. The van der Waals surface area contributed by atoms with E-state index in [1.54, 1.807) is 6.07 Å². The molecule has 0 unspecified atom stereocenters. The number of carbonyl (C=O) groups excluding carboxylic acids is 2. The van der Waals surface area contributed by atoms with E-state index >= 15 is 0 Å². The highest BCUT2D eigenvalue weighted by Gasteiger charge is 2.56. The van der Waals surface area contributed by atoms with Crippen LogP contribution in [0.4, 0.5) is 0 Å². The quantitative estimate of drug-likeness (QED) is 0.252. The third-order valence-electron chi connectivity index (χ3n) is 10.4. The Morgan fingerprint density at radius 3 is 1.85 bits per heavy atom. The lowest BCUT2D eigenvalue weighted by Crippen LogP contribution is -2.69. The lowest BCUT2D eigenvalue weighted by atomic mass is 9.96. The summed E-state index contributed by atoms with van der Waals surface area (Å²) in [6, 6.07) is 26.1. The van der Waals surface area contributed by atoms with E-state index in [1.807, 2.05) is 36.4 Å². The average molecular weight is 767 g/mol. The van der Waals surface area contributed by atoms with Crippen LogP contribution in [0, 0.1) is 0 Å². The Morgan fingerprint density at radius 2 is 1.30 bits per heavy atom. The van der Waals surface area contributed by atoms with Crippen molar-refractivity contribution in [2.75, 3.05) is 41.7 Å². The van der Waals surface area contributed by atoms with E-state index in [1.165, 1.54) is 46.6 Å². The first-order valence-corrected chi connectivity index (χ1v) is 19.9. The molecule has 3 aromatic rings. The summed E-state index contributed by atoms with van der Waals surface area (Å²) in [6.45, 7) is 6.15. The lowest BCUT2D eigenvalue weighted by molar-refractivity contribution is -0.361. The number of methoxy groups -OCH3 is 4. The van der Waals surface area contributed by atoms with E-state index in [2.05, 4.69) is 45.0 Å². The molecule has 3 aliphatic heterocycles. The molecule has 2 saturated heterocycles. The van der Waals surface area contributed by atoms with Gasteiger partial charge in [0.1, 0.15) is 49.3 Å². The minimum Gasteiger partial charge on any atom is -0.459 e. The number of esters is 2. The first kappa shape index (κ1) is 40.1. The van der Waals surface area contributed by atoms with Gasteiger partial charge >= 0.3 is 11.9 Å². The molecule has 3 heterocycles. The van der Waals surface area contributed by atoms with Crippen molar-refractivity contribution in [3.8, 4) is 0 Å². The van der Waals surface area contributed by atoms with Crippen LogP contribution in [0.2, 0.25) is 5.04 Å². The predicted octanol–water partition coefficient (Wildman–Crippen LogP) is 2.85. The molecule has 0 aromatic heterocycles. The summed E-state index contributed by atoms with van der Waals surface area (Å²) in [5.74, 6) is -1.49. The molecule has 6 rings (SSSR count). The van der Waals surface area contributed by atoms with Crippen molar-refractivity contribution in [1.82, 2.24) is 0 Å². The Kier molecular flexibility index (Phi) is 12.7. The van der Waals surface area contributed by atoms with Gasteiger partial charge in [0.2, 0.25) is 0 Å². The van der Waals surface area contributed by atoms with Crippen LogP contribution in [-0.4, -0.2) is 128 Å². The minimum absolute atomic E-state index is 0.0683. The normalized spacial score (nSPS) is 30.7. The number of carbonyl (C=O) groups is 2. The van der Waals surface area contributed by atoms with Crippen LogP contribution in [0.3, 0.4) is 0 Å². The highest BCUT2D eigenvalue weighted by molar-refractivity contribution is 6.99. The Morgan fingerprint density at radius 1 is 0.704 bits per heavy atom. The average Bonchev–Trinajstić information content (AvgIpc) is 3.18. The van der Waals surface area contributed by atoms with Crippen LogP contribution in [0.1, 0.15) is 41.5 Å². The Labute approximate surface area is 316 Å². The van der Waals surface area contributed by atoms with E-state index in [4.69, 9.17) is 47.1 Å². The van der Waals surface area contributed by atoms with Gasteiger partial charge in [-0.3, -0.25) is 0 Å². The van der Waals surface area contributed by atoms with E-state index in [0.29, 0.717) is 0 Å². The van der Waals surface area contributed by atoms with Gasteiger partial charge in [0.05, 0.1) is 17.7 Å². The van der Waals surface area contributed by atoms with E-state index < -0.39 is 81.7 Å². The topological polar surface area (TPSA) is 147 Å². The van der Waals surface area contributed by atoms with E-state index in [0.717, 1.165) is 10.4 Å². The Balaban J connectivity index is 1.40. The number of hydrogen-bond acceptors (Lipinski definition) is 13. The van der Waals surface area contributed by atoms with Crippen LogP contribution < -0.4 is 10.4 Å². The van der Waals surface area contributed by atoms with Crippen molar-refractivity contribution in [2.45, 2.75) is 87.2 Å². The van der Waals surface area contributed by atoms with Crippen molar-refractivity contribution in [1.29, 1.82) is 0 Å². The molecule has 13 nitrogen and oxygen atoms in total. The molecular formula is C40H50O13Si. The molecule has 3 aliphatic rings. The molecule has 0 radical (unpaired) electrons. The van der Waals surface area contributed by atoms with Gasteiger partial charge in [0.15, 0.2) is 18.7 Å². The zero-order valence-corrected chi connectivity index (χ0v) is 32.6. The maximum atomic E-state index is 13.7. The summed E-state index contributed by atoms with van der Waals surface area (Å²) in [7, 11) is 2.77. The molecule has 0 spiro atoms. The van der Waals surface area contributed by atoms with Crippen molar-refractivity contribution in [3.05, 3.63) is 96.1 Å². The van der Waals surface area contributed by atoms with Crippen LogP contribution >= 0.6 is 0 Å². The summed E-state index contributed by atoms with van der Waals surface area (Å²) in [4.78, 5) is 26.8. The summed E-state index contributed by atoms with van der Waals surface area (Å²) < 4.78 is 61.5. The fraction of sp³-hybridized carbons (Fsp3) is 0.500. The second-order valence-electron chi connectivity index (χ2n) is 14.5. The molecule has 54 heavy (non-hydrogen) atoms. The first-order valence-electron chi connectivity index (χ1n) is 18.0. The third kappa shape index (κ3) is 7.78. The zero-order valence-electron chi connectivity index (χ0n) is 31.6. The summed E-state index contributed by atoms with van der Waals surface area (Å²) >= 11 is 0. The molecule has 0 amide bonds. The van der Waals surface area contributed by atoms with Crippen molar-refractivity contribution in [3.63, 3.8) is 0 Å². The second kappa shape index (κ2) is 17.1. The Bertz CT molecular complexity index is 1660. The fourth-order valence-electron chi connectivity index (χ4n) is 7.75. The maximum absolute atomic E-state index is 13.7. The van der Waals surface area contributed by atoms with Gasteiger partial charge < -0.3 is 52.2 Å². The molecule has 3 aromatic carbocycles. The fourth-order valence-corrected chi connectivity index (χ4v) is 12.3. The number of cyclic esters (lactones) is 1. The molecule has 1 N–H and O–H groups in total. The lowest BCUT2D eigenvalue weighted by Gasteiger charge is -2.49. The minimum atomic E-state index is -3.08. The largest absolute Gasteiger partial charge is 0.459 e. The number of aliphatic hydroxyl groups is 1. The molecule has 292 valence electrons. The van der Waals surface area contributed by atoms with Crippen LogP contribution in [0.5, 0.6) is 0 Å².